The molecule has 1 rings (SSSR count). The fourth-order valence-corrected chi connectivity index (χ4v) is 2.89. The molecule has 0 heterocycles. The molecular formula is C16H7F17O4P-. The Labute approximate surface area is 198 Å². The minimum absolute atomic E-state index is 0.0941. The maximum Gasteiger partial charge on any atom is 0.471 e. The van der Waals surface area contributed by atoms with Gasteiger partial charge in [-0.1, -0.05) is 12.1 Å². The van der Waals surface area contributed by atoms with E-state index in [4.69, 9.17) is 4.89 Å². The summed E-state index contributed by atoms with van der Waals surface area (Å²) in [6.45, 7) is 0. The SMILES string of the molecule is [O-][P+]([O-])(O)Cc1ccc(OC(F)(F)C(F)(F)C(F)(F)C(F)(F)C(F)(F)/C(F)=C(\F)C(F)(F)C(F)(F)F)cc1. The first-order valence-electron chi connectivity index (χ1n) is 8.68. The number of alkyl halides is 15. The van der Waals surface area contributed by atoms with Crippen LogP contribution in [0.25, 0.3) is 0 Å². The lowest BCUT2D eigenvalue weighted by Crippen LogP contribution is -2.68. The van der Waals surface area contributed by atoms with Crippen LogP contribution in [-0.2, 0) is 6.16 Å². The molecule has 0 saturated heterocycles. The lowest BCUT2D eigenvalue weighted by Gasteiger charge is -2.38. The quantitative estimate of drug-likeness (QED) is 0.277. The van der Waals surface area contributed by atoms with Crippen LogP contribution in [0.15, 0.2) is 35.9 Å². The van der Waals surface area contributed by atoms with Gasteiger partial charge in [0.05, 0.1) is 7.94 Å². The third-order valence-electron chi connectivity index (χ3n) is 4.20. The van der Waals surface area contributed by atoms with E-state index in [1.807, 2.05) is 0 Å². The molecule has 22 heteroatoms. The molecule has 38 heavy (non-hydrogen) atoms. The van der Waals surface area contributed by atoms with Gasteiger partial charge >= 0.3 is 41.9 Å². The molecule has 4 nitrogen and oxygen atoms in total. The predicted molar refractivity (Wildman–Crippen MR) is 84.9 cm³/mol. The summed E-state index contributed by atoms with van der Waals surface area (Å²) in [6.07, 6.45) is -15.5. The Hall–Kier alpha value is -2.12. The molecule has 0 fully saturated rings. The largest absolute Gasteiger partial charge is 0.659 e. The summed E-state index contributed by atoms with van der Waals surface area (Å²) in [6, 6.07) is 1.01. The fourth-order valence-electron chi connectivity index (χ4n) is 2.22. The van der Waals surface area contributed by atoms with Crippen molar-refractivity contribution in [2.75, 3.05) is 0 Å². The predicted octanol–water partition coefficient (Wildman–Crippen LogP) is 5.52. The highest BCUT2D eigenvalue weighted by Gasteiger charge is 2.89. The number of hydrogen-bond donors (Lipinski definition) is 1. The van der Waals surface area contributed by atoms with E-state index in [1.54, 1.807) is 0 Å². The molecule has 0 aliphatic heterocycles. The number of ether oxygens (including phenoxy) is 1. The molecule has 0 spiro atoms. The topological polar surface area (TPSA) is 75.6 Å². The summed E-state index contributed by atoms with van der Waals surface area (Å²) >= 11 is 0. The minimum atomic E-state index is -8.33. The summed E-state index contributed by atoms with van der Waals surface area (Å²) in [5.74, 6) is -52.1. The summed E-state index contributed by atoms with van der Waals surface area (Å²) in [5.41, 5.74) is -0.482. The van der Waals surface area contributed by atoms with Gasteiger partial charge in [-0.05, 0) is 17.7 Å². The van der Waals surface area contributed by atoms with Gasteiger partial charge in [0, 0.05) is 0 Å². The highest BCUT2D eigenvalue weighted by Crippen LogP contribution is 2.60. The Balaban J connectivity index is 3.48. The van der Waals surface area contributed by atoms with Crippen LogP contribution in [0.2, 0.25) is 0 Å². The van der Waals surface area contributed by atoms with Gasteiger partial charge in [-0.15, -0.1) is 0 Å². The zero-order valence-corrected chi connectivity index (χ0v) is 18.0. The second kappa shape index (κ2) is 9.81. The van der Waals surface area contributed by atoms with Gasteiger partial charge in [0.25, 0.3) is 0 Å². The highest BCUT2D eigenvalue weighted by atomic mass is 31.2. The van der Waals surface area contributed by atoms with Crippen LogP contribution in [0.5, 0.6) is 5.75 Å². The molecule has 1 N–H and O–H groups in total. The van der Waals surface area contributed by atoms with Crippen LogP contribution >= 0.6 is 7.94 Å². The molecule has 0 atom stereocenters. The van der Waals surface area contributed by atoms with Crippen LogP contribution in [0.3, 0.4) is 0 Å². The molecule has 1 aromatic rings. The molecular weight excluding hydrogens is 610 g/mol. The van der Waals surface area contributed by atoms with E-state index in [-0.39, 0.29) is 12.1 Å². The average molecular weight is 617 g/mol. The Morgan fingerprint density at radius 3 is 1.42 bits per heavy atom. The lowest BCUT2D eigenvalue weighted by atomic mass is 9.96. The molecule has 1 aromatic carbocycles. The van der Waals surface area contributed by atoms with Crippen LogP contribution in [0.4, 0.5) is 74.6 Å². The van der Waals surface area contributed by atoms with E-state index in [1.165, 1.54) is 0 Å². The molecule has 0 aliphatic rings. The van der Waals surface area contributed by atoms with Crippen molar-refractivity contribution in [3.63, 3.8) is 0 Å². The van der Waals surface area contributed by atoms with Gasteiger partial charge in [-0.3, -0.25) is 4.89 Å². The zero-order chi connectivity index (χ0) is 30.6. The second-order valence-corrected chi connectivity index (χ2v) is 8.65. The normalized spacial score (nSPS) is 15.9. The molecule has 0 aromatic heterocycles. The average Bonchev–Trinajstić information content (AvgIpc) is 2.71. The van der Waals surface area contributed by atoms with E-state index in [0.29, 0.717) is 12.1 Å². The van der Waals surface area contributed by atoms with Crippen molar-refractivity contribution in [1.29, 1.82) is 0 Å². The van der Waals surface area contributed by atoms with E-state index in [0.717, 1.165) is 0 Å². The Kier molecular flexibility index (Phi) is 8.75. The molecule has 0 saturated carbocycles. The number of benzene rings is 1. The Bertz CT molecular complexity index is 1030. The van der Waals surface area contributed by atoms with E-state index >= 15 is 0 Å². The molecule has 0 bridgehead atoms. The van der Waals surface area contributed by atoms with Gasteiger partial charge in [0.1, 0.15) is 11.9 Å². The molecule has 220 valence electrons. The minimum Gasteiger partial charge on any atom is -0.659 e. The van der Waals surface area contributed by atoms with Crippen molar-refractivity contribution >= 4 is 7.94 Å². The maximum absolute atomic E-state index is 13.8. The van der Waals surface area contributed by atoms with Gasteiger partial charge in [-0.25, -0.2) is 8.78 Å². The summed E-state index contributed by atoms with van der Waals surface area (Å²) in [7, 11) is -5.05. The second-order valence-electron chi connectivity index (χ2n) is 7.06. The summed E-state index contributed by atoms with van der Waals surface area (Å²) in [5, 5.41) is 0. The van der Waals surface area contributed by atoms with Crippen molar-refractivity contribution in [1.82, 2.24) is 0 Å². The number of allylic oxidation sites excluding steroid dienone is 2. The first kappa shape index (κ1) is 33.9. The summed E-state index contributed by atoms with van der Waals surface area (Å²) < 4.78 is 227. The van der Waals surface area contributed by atoms with Crippen LogP contribution in [0, 0.1) is 0 Å². The van der Waals surface area contributed by atoms with E-state index < -0.39 is 79.0 Å². The molecule has 0 amide bonds. The molecule has 0 radical (unpaired) electrons. The van der Waals surface area contributed by atoms with Crippen LogP contribution in [0.1, 0.15) is 5.56 Å². The maximum atomic E-state index is 13.8. The fraction of sp³-hybridized carbons (Fsp3) is 0.500. The first-order valence-corrected chi connectivity index (χ1v) is 10.4. The van der Waals surface area contributed by atoms with Crippen molar-refractivity contribution < 1.29 is 94.1 Å². The van der Waals surface area contributed by atoms with Crippen molar-refractivity contribution in [2.24, 2.45) is 0 Å². The Morgan fingerprint density at radius 2 is 1.05 bits per heavy atom. The number of halogens is 17. The van der Waals surface area contributed by atoms with Crippen molar-refractivity contribution in [3.05, 3.63) is 41.5 Å². The molecule has 0 unspecified atom stereocenters. The van der Waals surface area contributed by atoms with Gasteiger partial charge in [0.15, 0.2) is 0 Å². The van der Waals surface area contributed by atoms with Gasteiger partial charge in [-0.2, -0.15) is 65.9 Å². The monoisotopic (exact) mass is 617 g/mol. The van der Waals surface area contributed by atoms with Crippen molar-refractivity contribution in [3.8, 4) is 5.75 Å². The number of rotatable bonds is 10. The standard InChI is InChI=1S/C16H8F17O4P/c17-8(9(18)11(21,22)15(29,30)31)10(19,20)12(23,24)13(25,26)14(27,28)16(32,33)37-7-3-1-6(2-4-7)5-38(34,35)36/h1-4H,5H2,(H2,34,35,36)/p-1/b9-8+. The van der Waals surface area contributed by atoms with Gasteiger partial charge in [0.2, 0.25) is 11.7 Å². The van der Waals surface area contributed by atoms with E-state index in [9.17, 15) is 84.4 Å². The molecule has 0 aliphatic carbocycles. The third kappa shape index (κ3) is 5.89. The van der Waals surface area contributed by atoms with Crippen LogP contribution in [-0.4, -0.2) is 46.8 Å². The highest BCUT2D eigenvalue weighted by molar-refractivity contribution is 7.54. The zero-order valence-electron chi connectivity index (χ0n) is 17.1. The number of hydrogen-bond acceptors (Lipinski definition) is 4. The Morgan fingerprint density at radius 1 is 0.658 bits per heavy atom. The van der Waals surface area contributed by atoms with Crippen LogP contribution < -0.4 is 14.5 Å². The summed E-state index contributed by atoms with van der Waals surface area (Å²) in [4.78, 5) is 30.0. The smallest absolute Gasteiger partial charge is 0.471 e. The first-order chi connectivity index (χ1) is 16.5. The van der Waals surface area contributed by atoms with E-state index in [2.05, 4.69) is 4.74 Å². The van der Waals surface area contributed by atoms with Crippen molar-refractivity contribution in [2.45, 2.75) is 48.1 Å². The lowest BCUT2D eigenvalue weighted by molar-refractivity contribution is -0.428. The third-order valence-corrected chi connectivity index (χ3v) is 4.97. The van der Waals surface area contributed by atoms with Gasteiger partial charge < -0.3 is 14.5 Å².